The predicted octanol–water partition coefficient (Wildman–Crippen LogP) is 1.28. The molecule has 186 valence electrons. The van der Waals surface area contributed by atoms with Gasteiger partial charge in [-0.05, 0) is 38.0 Å². The number of amides is 4. The Kier molecular flexibility index (Phi) is 8.78. The minimum atomic E-state index is -1.26. The molecular weight excluding hydrogens is 444 g/mol. The topological polar surface area (TPSA) is 153 Å². The first-order valence-electron chi connectivity index (χ1n) is 11.9. The Morgan fingerprint density at radius 2 is 1.85 bits per heavy atom. The molecule has 2 atom stereocenters. The quantitative estimate of drug-likeness (QED) is 0.446. The molecule has 0 aromatic rings. The van der Waals surface area contributed by atoms with Gasteiger partial charge in [0.2, 0.25) is 11.8 Å². The van der Waals surface area contributed by atoms with Gasteiger partial charge < -0.3 is 15.2 Å². The predicted molar refractivity (Wildman–Crippen MR) is 119 cm³/mol. The highest BCUT2D eigenvalue weighted by atomic mass is 16.4. The highest BCUT2D eigenvalue weighted by molar-refractivity contribution is 6.03. The molecule has 1 aliphatic carbocycles. The van der Waals surface area contributed by atoms with E-state index in [0.717, 1.165) is 42.0 Å². The molecule has 0 bridgehead atoms. The molecule has 11 heteroatoms. The zero-order chi connectivity index (χ0) is 24.7. The van der Waals surface area contributed by atoms with Crippen LogP contribution in [0.15, 0.2) is 11.8 Å². The summed E-state index contributed by atoms with van der Waals surface area (Å²) in [7, 11) is 0. The minimum absolute atomic E-state index is 0.0118. The third-order valence-corrected chi connectivity index (χ3v) is 6.52. The van der Waals surface area contributed by atoms with E-state index in [2.05, 4.69) is 10.7 Å². The van der Waals surface area contributed by atoms with Crippen molar-refractivity contribution >= 4 is 35.9 Å². The zero-order valence-corrected chi connectivity index (χ0v) is 19.2. The van der Waals surface area contributed by atoms with Gasteiger partial charge in [-0.1, -0.05) is 25.3 Å². The summed E-state index contributed by atoms with van der Waals surface area (Å²) < 4.78 is 0. The first-order valence-corrected chi connectivity index (χ1v) is 11.9. The van der Waals surface area contributed by atoms with Crippen molar-refractivity contribution in [3.8, 4) is 0 Å². The van der Waals surface area contributed by atoms with Gasteiger partial charge in [-0.15, -0.1) is 0 Å². The Morgan fingerprint density at radius 1 is 1.12 bits per heavy atom. The number of carbonyl (C=O) groups is 6. The molecule has 4 amide bonds. The van der Waals surface area contributed by atoms with Crippen LogP contribution >= 0.6 is 0 Å². The lowest BCUT2D eigenvalue weighted by molar-refractivity contribution is -0.139. The number of aldehydes is 1. The summed E-state index contributed by atoms with van der Waals surface area (Å²) in [5.41, 5.74) is 2.72. The number of hydrogen-bond acceptors (Lipinski definition) is 6. The van der Waals surface area contributed by atoms with Crippen LogP contribution in [0, 0.1) is 5.92 Å². The number of carbonyl (C=O) groups excluding carboxylic acids is 5. The largest absolute Gasteiger partial charge is 0.481 e. The Bertz CT molecular complexity index is 865. The number of rotatable bonds is 8. The molecule has 3 rings (SSSR count). The molecule has 3 aliphatic rings. The number of hydrogen-bond donors (Lipinski definition) is 3. The van der Waals surface area contributed by atoms with Crippen molar-refractivity contribution in [3.05, 3.63) is 11.8 Å². The van der Waals surface area contributed by atoms with Gasteiger partial charge in [0.05, 0.1) is 24.7 Å². The summed E-state index contributed by atoms with van der Waals surface area (Å²) in [6, 6.07) is -3.07. The van der Waals surface area contributed by atoms with E-state index in [1.165, 1.54) is 0 Å². The second-order valence-electron chi connectivity index (χ2n) is 9.11. The lowest BCUT2D eigenvalue weighted by atomic mass is 9.87. The third-order valence-electron chi connectivity index (χ3n) is 6.52. The van der Waals surface area contributed by atoms with Crippen LogP contribution in [0.1, 0.15) is 70.6 Å². The number of carboxylic acids is 1. The van der Waals surface area contributed by atoms with Gasteiger partial charge in [-0.2, -0.15) is 0 Å². The van der Waals surface area contributed by atoms with Gasteiger partial charge in [-0.25, -0.2) is 9.80 Å². The maximum absolute atomic E-state index is 13.5. The van der Waals surface area contributed by atoms with Crippen LogP contribution < -0.4 is 10.7 Å². The van der Waals surface area contributed by atoms with Crippen LogP contribution in [0.4, 0.5) is 4.79 Å². The van der Waals surface area contributed by atoms with Crippen molar-refractivity contribution in [1.82, 2.24) is 20.7 Å². The first-order chi connectivity index (χ1) is 16.3. The maximum atomic E-state index is 13.5. The van der Waals surface area contributed by atoms with Gasteiger partial charge >= 0.3 is 12.0 Å². The van der Waals surface area contributed by atoms with Crippen LogP contribution in [0.5, 0.6) is 0 Å². The molecular formula is C23H32N4O7. The molecule has 3 N–H and O–H groups in total. The number of nitrogens with zero attached hydrogens (tertiary/aromatic N) is 2. The monoisotopic (exact) mass is 476 g/mol. The fourth-order valence-electron chi connectivity index (χ4n) is 4.80. The van der Waals surface area contributed by atoms with Crippen molar-refractivity contribution in [2.24, 2.45) is 5.92 Å². The van der Waals surface area contributed by atoms with E-state index in [1.54, 1.807) is 6.08 Å². The summed E-state index contributed by atoms with van der Waals surface area (Å²) in [6.07, 6.45) is 8.10. The van der Waals surface area contributed by atoms with Gasteiger partial charge in [0.15, 0.2) is 5.78 Å². The average molecular weight is 477 g/mol. The smallest absolute Gasteiger partial charge is 0.344 e. The second kappa shape index (κ2) is 11.8. The van der Waals surface area contributed by atoms with E-state index >= 15 is 0 Å². The SMILES string of the molecule is O=C[C@H](CC(=O)O)NC(=O)[C@@H]1CCCC=C2C(=O)CCN(NC(=O)CC3CCCCC3)C(=O)N21. The lowest BCUT2D eigenvalue weighted by Crippen LogP contribution is -2.57. The lowest BCUT2D eigenvalue weighted by Gasteiger charge is -2.33. The molecule has 11 nitrogen and oxygen atoms in total. The Labute approximate surface area is 197 Å². The van der Waals surface area contributed by atoms with Crippen molar-refractivity contribution in [3.63, 3.8) is 0 Å². The Morgan fingerprint density at radius 3 is 2.53 bits per heavy atom. The average Bonchev–Trinajstić information content (AvgIpc) is 3.09. The fraction of sp³-hybridized carbons (Fsp3) is 0.652. The number of Topliss-reactive ketones (excluding diaryl/α,β-unsaturated/α-hetero) is 1. The van der Waals surface area contributed by atoms with Crippen molar-refractivity contribution < 1.29 is 33.9 Å². The standard InChI is InChI=1S/C23H32N4O7/c28-14-16(13-21(31)32)24-22(33)18-9-5-4-8-17-19(29)10-11-26(23(34)27(17)18)25-20(30)12-15-6-2-1-3-7-15/h8,14-16,18H,1-7,9-13H2,(H,24,33)(H,25,30)(H,31,32)/t16-,18-/m0/s1. The Hall–Kier alpha value is -3.24. The highest BCUT2D eigenvalue weighted by Gasteiger charge is 2.41. The Balaban J connectivity index is 1.77. The molecule has 1 saturated carbocycles. The molecule has 1 saturated heterocycles. The van der Waals surface area contributed by atoms with Crippen molar-refractivity contribution in [2.45, 2.75) is 82.7 Å². The van der Waals surface area contributed by atoms with Gasteiger partial charge in [0, 0.05) is 12.8 Å². The van der Waals surface area contributed by atoms with Crippen molar-refractivity contribution in [2.75, 3.05) is 6.54 Å². The van der Waals surface area contributed by atoms with E-state index in [9.17, 15) is 28.8 Å². The second-order valence-corrected chi connectivity index (χ2v) is 9.11. The number of fused-ring (bicyclic) bond motifs is 1. The summed E-state index contributed by atoms with van der Waals surface area (Å²) >= 11 is 0. The van der Waals surface area contributed by atoms with Gasteiger partial charge in [-0.3, -0.25) is 29.5 Å². The summed E-state index contributed by atoms with van der Waals surface area (Å²) in [6.45, 7) is -0.0216. The van der Waals surface area contributed by atoms with Crippen molar-refractivity contribution in [1.29, 1.82) is 0 Å². The molecule has 2 heterocycles. The number of aliphatic carboxylic acids is 1. The molecule has 0 radical (unpaired) electrons. The van der Waals surface area contributed by atoms with Gasteiger partial charge in [0.25, 0.3) is 0 Å². The summed E-state index contributed by atoms with van der Waals surface area (Å²) in [5, 5.41) is 12.4. The van der Waals surface area contributed by atoms with Crippen LogP contribution in [-0.4, -0.2) is 69.5 Å². The fourth-order valence-corrected chi connectivity index (χ4v) is 4.80. The number of allylic oxidation sites excluding steroid dienone is 2. The van der Waals surface area contributed by atoms with Crippen LogP contribution in [0.25, 0.3) is 0 Å². The molecule has 0 unspecified atom stereocenters. The van der Waals surface area contributed by atoms with E-state index in [4.69, 9.17) is 5.11 Å². The molecule has 0 aromatic heterocycles. The van der Waals surface area contributed by atoms with Crippen LogP contribution in [-0.2, 0) is 24.0 Å². The maximum Gasteiger partial charge on any atom is 0.344 e. The van der Waals surface area contributed by atoms with E-state index in [-0.39, 0.29) is 42.7 Å². The highest BCUT2D eigenvalue weighted by Crippen LogP contribution is 2.28. The van der Waals surface area contributed by atoms with E-state index in [0.29, 0.717) is 25.5 Å². The number of carboxylic acid groups (broad SMARTS) is 1. The molecule has 0 spiro atoms. The molecule has 34 heavy (non-hydrogen) atoms. The summed E-state index contributed by atoms with van der Waals surface area (Å²) in [5.74, 6) is -2.35. The third kappa shape index (κ3) is 6.42. The van der Waals surface area contributed by atoms with Crippen LogP contribution in [0.3, 0.4) is 0 Å². The zero-order valence-electron chi connectivity index (χ0n) is 19.2. The van der Waals surface area contributed by atoms with E-state index in [1.807, 2.05) is 0 Å². The number of hydrazine groups is 1. The number of urea groups is 1. The minimum Gasteiger partial charge on any atom is -0.481 e. The molecule has 2 fully saturated rings. The normalized spacial score (nSPS) is 22.6. The first kappa shape index (κ1) is 25.4. The van der Waals surface area contributed by atoms with E-state index < -0.39 is 36.4 Å². The molecule has 0 aromatic carbocycles. The van der Waals surface area contributed by atoms with Crippen LogP contribution in [0.2, 0.25) is 0 Å². The number of nitrogens with one attached hydrogen (secondary N) is 2. The van der Waals surface area contributed by atoms with Gasteiger partial charge in [0.1, 0.15) is 12.3 Å². The summed E-state index contributed by atoms with van der Waals surface area (Å²) in [4.78, 5) is 75.2. The number of ketones is 1. The molecule has 2 aliphatic heterocycles.